The number of aliphatic hydroxyl groups excluding tert-OH is 1. The van der Waals surface area contributed by atoms with Crippen LogP contribution in [-0.2, 0) is 11.3 Å². The van der Waals surface area contributed by atoms with Crippen LogP contribution in [0.25, 0.3) is 10.1 Å². The highest BCUT2D eigenvalue weighted by Crippen LogP contribution is 2.33. The average Bonchev–Trinajstić information content (AvgIpc) is 2.87. The van der Waals surface area contributed by atoms with Crippen LogP contribution in [0.1, 0.15) is 29.1 Å². The zero-order valence-electron chi connectivity index (χ0n) is 12.9. The van der Waals surface area contributed by atoms with Gasteiger partial charge in [-0.15, -0.1) is 11.3 Å². The number of amides is 1. The molecule has 1 heterocycles. The summed E-state index contributed by atoms with van der Waals surface area (Å²) in [6.45, 7) is 3.86. The van der Waals surface area contributed by atoms with Gasteiger partial charge in [0.25, 0.3) is 5.91 Å². The highest BCUT2D eigenvalue weighted by molar-refractivity contribution is 7.21. The molecule has 0 fully saturated rings. The first-order valence-corrected chi connectivity index (χ1v) is 7.91. The lowest BCUT2D eigenvalue weighted by Gasteiger charge is -2.19. The van der Waals surface area contributed by atoms with E-state index in [1.54, 1.807) is 12.1 Å². The maximum Gasteiger partial charge on any atom is 0.261 e. The van der Waals surface area contributed by atoms with E-state index in [2.05, 4.69) is 5.32 Å². The molecule has 1 aromatic carbocycles. The molecule has 1 amide bonds. The molecule has 0 saturated heterocycles. The molecule has 6 heteroatoms. The second-order valence-electron chi connectivity index (χ2n) is 5.38. The molecule has 2 atom stereocenters. The number of fused-ring (bicyclic) bond motifs is 1. The normalized spacial score (nSPS) is 14.0. The van der Waals surface area contributed by atoms with Crippen LogP contribution in [0.15, 0.2) is 18.2 Å². The Kier molecular flexibility index (Phi) is 5.50. The minimum absolute atomic E-state index is 0.00653. The number of benzene rings is 1. The van der Waals surface area contributed by atoms with E-state index in [1.165, 1.54) is 24.5 Å². The number of nitrogens with one attached hydrogen (secondary N) is 1. The van der Waals surface area contributed by atoms with Crippen LogP contribution in [0, 0.1) is 11.7 Å². The molecule has 1 aromatic heterocycles. The summed E-state index contributed by atoms with van der Waals surface area (Å²) in [5.41, 5.74) is 0.571. The van der Waals surface area contributed by atoms with Crippen LogP contribution in [0.2, 0.25) is 0 Å². The van der Waals surface area contributed by atoms with Crippen molar-refractivity contribution in [3.05, 3.63) is 34.5 Å². The number of thiophene rings is 1. The summed E-state index contributed by atoms with van der Waals surface area (Å²) in [5.74, 6) is -0.669. The molecule has 2 unspecified atom stereocenters. The molecule has 0 spiro atoms. The van der Waals surface area contributed by atoms with Crippen LogP contribution >= 0.6 is 11.3 Å². The Hall–Kier alpha value is -1.50. The van der Waals surface area contributed by atoms with Gasteiger partial charge in [-0.05, 0) is 25.0 Å². The van der Waals surface area contributed by atoms with Gasteiger partial charge in [0.15, 0.2) is 0 Å². The molecule has 2 aromatic rings. The van der Waals surface area contributed by atoms with Crippen molar-refractivity contribution in [2.75, 3.05) is 13.7 Å². The van der Waals surface area contributed by atoms with Crippen molar-refractivity contribution >= 4 is 27.3 Å². The number of hydrogen-bond donors (Lipinski definition) is 2. The number of aliphatic hydroxyl groups is 1. The van der Waals surface area contributed by atoms with E-state index in [1.807, 2.05) is 13.8 Å². The van der Waals surface area contributed by atoms with Crippen molar-refractivity contribution in [1.29, 1.82) is 0 Å². The number of carbonyl (C=O) groups excluding carboxylic acids is 1. The van der Waals surface area contributed by atoms with Gasteiger partial charge in [0.2, 0.25) is 0 Å². The lowest BCUT2D eigenvalue weighted by Crippen LogP contribution is -2.38. The standard InChI is InChI=1S/C16H20FNO3S/c1-9(7-19)10(2)18-16(20)15-11(8-21-3)14-12(17)5-4-6-13(14)22-15/h4-6,9-10,19H,7-8H2,1-3H3,(H,18,20). The first kappa shape index (κ1) is 16.9. The molecule has 4 nitrogen and oxygen atoms in total. The summed E-state index contributed by atoms with van der Waals surface area (Å²) in [5, 5.41) is 12.5. The van der Waals surface area contributed by atoms with Crippen molar-refractivity contribution in [1.82, 2.24) is 5.32 Å². The molecule has 22 heavy (non-hydrogen) atoms. The van der Waals surface area contributed by atoms with Crippen LogP contribution < -0.4 is 5.32 Å². The number of rotatable bonds is 6. The Morgan fingerprint density at radius 1 is 1.45 bits per heavy atom. The number of halogens is 1. The van der Waals surface area contributed by atoms with Gasteiger partial charge in [-0.25, -0.2) is 4.39 Å². The van der Waals surface area contributed by atoms with E-state index < -0.39 is 0 Å². The predicted molar refractivity (Wildman–Crippen MR) is 85.7 cm³/mol. The predicted octanol–water partition coefficient (Wildman–Crippen LogP) is 2.93. The Balaban J connectivity index is 2.39. The summed E-state index contributed by atoms with van der Waals surface area (Å²) in [7, 11) is 1.52. The number of methoxy groups -OCH3 is 1. The van der Waals surface area contributed by atoms with Crippen LogP contribution in [-0.4, -0.2) is 30.8 Å². The van der Waals surface area contributed by atoms with Crippen LogP contribution in [0.5, 0.6) is 0 Å². The van der Waals surface area contributed by atoms with E-state index in [0.717, 1.165) is 4.70 Å². The second-order valence-corrected chi connectivity index (χ2v) is 6.43. The zero-order chi connectivity index (χ0) is 16.3. The molecule has 0 aliphatic rings. The highest BCUT2D eigenvalue weighted by atomic mass is 32.1. The van der Waals surface area contributed by atoms with Gasteiger partial charge in [0, 0.05) is 35.4 Å². The van der Waals surface area contributed by atoms with E-state index in [4.69, 9.17) is 9.84 Å². The van der Waals surface area contributed by atoms with Gasteiger partial charge in [-0.3, -0.25) is 4.79 Å². The van der Waals surface area contributed by atoms with Gasteiger partial charge in [-0.2, -0.15) is 0 Å². The summed E-state index contributed by atoms with van der Waals surface area (Å²) in [4.78, 5) is 12.9. The lowest BCUT2D eigenvalue weighted by molar-refractivity contribution is 0.0916. The third kappa shape index (κ3) is 3.29. The molecular formula is C16H20FNO3S. The molecule has 0 aliphatic carbocycles. The number of ether oxygens (including phenoxy) is 1. The fourth-order valence-corrected chi connectivity index (χ4v) is 3.33. The molecule has 2 rings (SSSR count). The topological polar surface area (TPSA) is 58.6 Å². The Bertz CT molecular complexity index is 671. The van der Waals surface area contributed by atoms with Gasteiger partial charge in [-0.1, -0.05) is 13.0 Å². The first-order valence-electron chi connectivity index (χ1n) is 7.10. The molecule has 0 saturated carbocycles. The van der Waals surface area contributed by atoms with E-state index in [9.17, 15) is 9.18 Å². The van der Waals surface area contributed by atoms with Crippen molar-refractivity contribution in [3.63, 3.8) is 0 Å². The monoisotopic (exact) mass is 325 g/mol. The summed E-state index contributed by atoms with van der Waals surface area (Å²) in [6, 6.07) is 4.62. The Labute approximate surface area is 132 Å². The Morgan fingerprint density at radius 2 is 2.18 bits per heavy atom. The molecule has 0 aliphatic heterocycles. The summed E-state index contributed by atoms with van der Waals surface area (Å²) in [6.07, 6.45) is 0. The fraction of sp³-hybridized carbons (Fsp3) is 0.438. The van der Waals surface area contributed by atoms with Crippen molar-refractivity contribution < 1.29 is 19.0 Å². The molecule has 120 valence electrons. The fourth-order valence-electron chi connectivity index (χ4n) is 2.21. The zero-order valence-corrected chi connectivity index (χ0v) is 13.7. The number of carbonyl (C=O) groups is 1. The average molecular weight is 325 g/mol. The summed E-state index contributed by atoms with van der Waals surface area (Å²) < 4.78 is 19.9. The number of hydrogen-bond acceptors (Lipinski definition) is 4. The van der Waals surface area contributed by atoms with Gasteiger partial charge >= 0.3 is 0 Å². The maximum atomic E-state index is 14.1. The maximum absolute atomic E-state index is 14.1. The van der Waals surface area contributed by atoms with Gasteiger partial charge < -0.3 is 15.2 Å². The smallest absolute Gasteiger partial charge is 0.261 e. The van der Waals surface area contributed by atoms with Crippen molar-refractivity contribution in [3.8, 4) is 0 Å². The molecule has 0 radical (unpaired) electrons. The second kappa shape index (κ2) is 7.17. The quantitative estimate of drug-likeness (QED) is 0.858. The van der Waals surface area contributed by atoms with Crippen molar-refractivity contribution in [2.24, 2.45) is 5.92 Å². The van der Waals surface area contributed by atoms with E-state index in [-0.39, 0.29) is 36.9 Å². The molecular weight excluding hydrogens is 305 g/mol. The highest BCUT2D eigenvalue weighted by Gasteiger charge is 2.22. The van der Waals surface area contributed by atoms with Crippen LogP contribution in [0.3, 0.4) is 0 Å². The first-order chi connectivity index (χ1) is 10.5. The van der Waals surface area contributed by atoms with Gasteiger partial charge in [0.1, 0.15) is 5.82 Å². The SMILES string of the molecule is COCc1c(C(=O)NC(C)C(C)CO)sc2cccc(F)c12. The summed E-state index contributed by atoms with van der Waals surface area (Å²) >= 11 is 1.25. The van der Waals surface area contributed by atoms with E-state index >= 15 is 0 Å². The van der Waals surface area contributed by atoms with Crippen LogP contribution in [0.4, 0.5) is 4.39 Å². The van der Waals surface area contributed by atoms with Crippen molar-refractivity contribution in [2.45, 2.75) is 26.5 Å². The minimum atomic E-state index is -0.350. The van der Waals surface area contributed by atoms with Gasteiger partial charge in [0.05, 0.1) is 11.5 Å². The Morgan fingerprint density at radius 3 is 2.82 bits per heavy atom. The molecule has 2 N–H and O–H groups in total. The lowest BCUT2D eigenvalue weighted by atomic mass is 10.0. The minimum Gasteiger partial charge on any atom is -0.396 e. The van der Waals surface area contributed by atoms with E-state index in [0.29, 0.717) is 15.8 Å². The largest absolute Gasteiger partial charge is 0.396 e. The third-order valence-corrected chi connectivity index (χ3v) is 4.95. The molecule has 0 bridgehead atoms. The third-order valence-electron chi connectivity index (χ3n) is 3.76.